The SMILES string of the molecule is CCCCCCCCCCCCC(=O)O[C@H]([C@@H](O)[C@@H](O)CO)[C@@H](O)CO. The Morgan fingerprint density at radius 1 is 0.769 bits per heavy atom. The van der Waals surface area contributed by atoms with E-state index in [0.717, 1.165) is 19.3 Å². The van der Waals surface area contributed by atoms with Crippen LogP contribution in [0.4, 0.5) is 0 Å². The Hall–Kier alpha value is -0.730. The minimum atomic E-state index is -1.67. The number of carbonyl (C=O) groups is 1. The minimum Gasteiger partial charge on any atom is -0.457 e. The Balaban J connectivity index is 3.92. The Bertz CT molecular complexity index is 338. The van der Waals surface area contributed by atoms with Crippen LogP contribution in [0.1, 0.15) is 77.6 Å². The van der Waals surface area contributed by atoms with Gasteiger partial charge in [0.25, 0.3) is 0 Å². The van der Waals surface area contributed by atoms with Crippen LogP contribution in [0, 0.1) is 0 Å². The van der Waals surface area contributed by atoms with Gasteiger partial charge in [0.15, 0.2) is 6.10 Å². The highest BCUT2D eigenvalue weighted by Crippen LogP contribution is 2.14. The largest absolute Gasteiger partial charge is 0.457 e. The van der Waals surface area contributed by atoms with E-state index in [4.69, 9.17) is 14.9 Å². The van der Waals surface area contributed by atoms with Gasteiger partial charge in [0.1, 0.15) is 18.3 Å². The lowest BCUT2D eigenvalue weighted by Crippen LogP contribution is -2.49. The maximum Gasteiger partial charge on any atom is 0.306 e. The lowest BCUT2D eigenvalue weighted by Gasteiger charge is -2.28. The fourth-order valence-electron chi connectivity index (χ4n) is 2.77. The number of unbranched alkanes of at least 4 members (excludes halogenated alkanes) is 9. The molecule has 0 aliphatic rings. The third-order valence-electron chi connectivity index (χ3n) is 4.49. The molecule has 0 saturated heterocycles. The molecule has 5 N–H and O–H groups in total. The van der Waals surface area contributed by atoms with Crippen LogP contribution in [0.2, 0.25) is 0 Å². The van der Waals surface area contributed by atoms with Gasteiger partial charge in [-0.05, 0) is 6.42 Å². The Morgan fingerprint density at radius 2 is 1.23 bits per heavy atom. The zero-order chi connectivity index (χ0) is 19.8. The van der Waals surface area contributed by atoms with Crippen LogP contribution in [-0.4, -0.2) is 69.1 Å². The van der Waals surface area contributed by atoms with Crippen LogP contribution in [0.5, 0.6) is 0 Å². The fourth-order valence-corrected chi connectivity index (χ4v) is 2.77. The fraction of sp³-hybridized carbons (Fsp3) is 0.947. The summed E-state index contributed by atoms with van der Waals surface area (Å²) in [6.45, 7) is 0.727. The number of aliphatic hydroxyl groups excluding tert-OH is 5. The Kier molecular flexibility index (Phi) is 16.0. The van der Waals surface area contributed by atoms with E-state index in [1.807, 2.05) is 0 Å². The van der Waals surface area contributed by atoms with E-state index in [1.54, 1.807) is 0 Å². The average molecular weight is 379 g/mol. The van der Waals surface area contributed by atoms with Gasteiger partial charge in [0.2, 0.25) is 0 Å². The molecule has 0 aromatic carbocycles. The molecule has 7 heteroatoms. The zero-order valence-electron chi connectivity index (χ0n) is 16.1. The summed E-state index contributed by atoms with van der Waals surface area (Å²) in [5.41, 5.74) is 0. The first-order valence-corrected chi connectivity index (χ1v) is 9.93. The predicted octanol–water partition coefficient (Wildman–Crippen LogP) is 1.28. The number of hydrogen-bond donors (Lipinski definition) is 5. The molecule has 0 aliphatic heterocycles. The number of ether oxygens (including phenoxy) is 1. The van der Waals surface area contributed by atoms with E-state index >= 15 is 0 Å². The molecular formula is C19H38O7. The van der Waals surface area contributed by atoms with Gasteiger partial charge in [-0.1, -0.05) is 64.7 Å². The molecule has 0 spiro atoms. The van der Waals surface area contributed by atoms with Gasteiger partial charge in [0.05, 0.1) is 13.2 Å². The summed E-state index contributed by atoms with van der Waals surface area (Å²) in [6.07, 6.45) is 5.28. The quantitative estimate of drug-likeness (QED) is 0.190. The highest BCUT2D eigenvalue weighted by molar-refractivity contribution is 5.69. The van der Waals surface area contributed by atoms with Crippen LogP contribution >= 0.6 is 0 Å². The van der Waals surface area contributed by atoms with Crippen LogP contribution in [0.3, 0.4) is 0 Å². The average Bonchev–Trinajstić information content (AvgIpc) is 2.65. The molecule has 0 heterocycles. The second-order valence-corrected chi connectivity index (χ2v) is 6.88. The molecular weight excluding hydrogens is 340 g/mol. The van der Waals surface area contributed by atoms with Gasteiger partial charge in [-0.25, -0.2) is 0 Å². The van der Waals surface area contributed by atoms with Gasteiger partial charge in [-0.2, -0.15) is 0 Å². The summed E-state index contributed by atoms with van der Waals surface area (Å²) >= 11 is 0. The van der Waals surface area contributed by atoms with Crippen molar-refractivity contribution in [1.29, 1.82) is 0 Å². The van der Waals surface area contributed by atoms with Crippen molar-refractivity contribution < 1.29 is 35.1 Å². The first-order chi connectivity index (χ1) is 12.5. The summed E-state index contributed by atoms with van der Waals surface area (Å²) in [5.74, 6) is -0.605. The van der Waals surface area contributed by atoms with E-state index < -0.39 is 43.6 Å². The number of aliphatic hydroxyl groups is 5. The van der Waals surface area contributed by atoms with Crippen molar-refractivity contribution in [3.8, 4) is 0 Å². The van der Waals surface area contributed by atoms with Crippen LogP contribution in [0.15, 0.2) is 0 Å². The van der Waals surface area contributed by atoms with Crippen molar-refractivity contribution >= 4 is 5.97 Å². The molecule has 26 heavy (non-hydrogen) atoms. The van der Waals surface area contributed by atoms with E-state index in [9.17, 15) is 20.1 Å². The molecule has 4 atom stereocenters. The molecule has 0 fully saturated rings. The molecule has 0 aromatic rings. The molecule has 0 rings (SSSR count). The van der Waals surface area contributed by atoms with Crippen molar-refractivity contribution in [1.82, 2.24) is 0 Å². The van der Waals surface area contributed by atoms with Gasteiger partial charge in [-0.15, -0.1) is 0 Å². The van der Waals surface area contributed by atoms with Gasteiger partial charge in [0, 0.05) is 6.42 Å². The number of carbonyl (C=O) groups excluding carboxylic acids is 1. The summed E-state index contributed by atoms with van der Waals surface area (Å²) < 4.78 is 5.00. The maximum absolute atomic E-state index is 11.9. The Labute approximate surface area is 157 Å². The van der Waals surface area contributed by atoms with Gasteiger partial charge < -0.3 is 30.3 Å². The minimum absolute atomic E-state index is 0.146. The Morgan fingerprint density at radius 3 is 1.69 bits per heavy atom. The third-order valence-corrected chi connectivity index (χ3v) is 4.49. The molecule has 0 radical (unpaired) electrons. The lowest BCUT2D eigenvalue weighted by atomic mass is 10.0. The molecule has 0 amide bonds. The van der Waals surface area contributed by atoms with E-state index in [2.05, 4.69) is 6.92 Å². The van der Waals surface area contributed by atoms with Crippen LogP contribution < -0.4 is 0 Å². The highest BCUT2D eigenvalue weighted by Gasteiger charge is 2.34. The van der Waals surface area contributed by atoms with Crippen molar-refractivity contribution in [3.05, 3.63) is 0 Å². The highest BCUT2D eigenvalue weighted by atomic mass is 16.6. The first kappa shape index (κ1) is 25.3. The smallest absolute Gasteiger partial charge is 0.306 e. The molecule has 0 bridgehead atoms. The second kappa shape index (κ2) is 16.4. The summed E-state index contributed by atoms with van der Waals surface area (Å²) in [6, 6.07) is 0. The second-order valence-electron chi connectivity index (χ2n) is 6.88. The summed E-state index contributed by atoms with van der Waals surface area (Å²) in [7, 11) is 0. The van der Waals surface area contributed by atoms with E-state index in [1.165, 1.54) is 38.5 Å². The molecule has 0 saturated carbocycles. The molecule has 156 valence electrons. The van der Waals surface area contributed by atoms with Gasteiger partial charge >= 0.3 is 5.97 Å². The number of hydrogen-bond acceptors (Lipinski definition) is 7. The molecule has 0 aliphatic carbocycles. The monoisotopic (exact) mass is 378 g/mol. The summed E-state index contributed by atoms with van der Waals surface area (Å²) in [5, 5.41) is 46.7. The van der Waals surface area contributed by atoms with Crippen molar-refractivity contribution in [2.75, 3.05) is 13.2 Å². The molecule has 0 aromatic heterocycles. The lowest BCUT2D eigenvalue weighted by molar-refractivity contribution is -0.177. The maximum atomic E-state index is 11.9. The van der Waals surface area contributed by atoms with Crippen molar-refractivity contribution in [3.63, 3.8) is 0 Å². The number of esters is 1. The molecule has 0 unspecified atom stereocenters. The van der Waals surface area contributed by atoms with E-state index in [-0.39, 0.29) is 6.42 Å². The van der Waals surface area contributed by atoms with Crippen LogP contribution in [0.25, 0.3) is 0 Å². The van der Waals surface area contributed by atoms with Crippen molar-refractivity contribution in [2.24, 2.45) is 0 Å². The normalized spacial score (nSPS) is 16.1. The molecule has 7 nitrogen and oxygen atoms in total. The topological polar surface area (TPSA) is 127 Å². The first-order valence-electron chi connectivity index (χ1n) is 9.93. The standard InChI is InChI=1S/C19H38O7/c1-2-3-4-5-6-7-8-9-10-11-12-17(24)26-19(16(23)14-21)18(25)15(22)13-20/h15-16,18-23,25H,2-14H2,1H3/t15-,16-,18-,19-/m0/s1. The third kappa shape index (κ3) is 11.8. The van der Waals surface area contributed by atoms with Crippen molar-refractivity contribution in [2.45, 2.75) is 102 Å². The zero-order valence-corrected chi connectivity index (χ0v) is 16.1. The number of rotatable bonds is 17. The van der Waals surface area contributed by atoms with Crippen LogP contribution in [-0.2, 0) is 9.53 Å². The van der Waals surface area contributed by atoms with Gasteiger partial charge in [-0.3, -0.25) is 4.79 Å². The predicted molar refractivity (Wildman–Crippen MR) is 98.5 cm³/mol. The summed E-state index contributed by atoms with van der Waals surface area (Å²) in [4.78, 5) is 11.9. The van der Waals surface area contributed by atoms with E-state index in [0.29, 0.717) is 6.42 Å².